The highest BCUT2D eigenvalue weighted by molar-refractivity contribution is 5.78. The average molecular weight is 313 g/mol. The van der Waals surface area contributed by atoms with Gasteiger partial charge >= 0.3 is 0 Å². The van der Waals surface area contributed by atoms with E-state index in [9.17, 15) is 4.79 Å². The van der Waals surface area contributed by atoms with Crippen LogP contribution in [0.25, 0.3) is 16.7 Å². The largest absolute Gasteiger partial charge is 0.377 e. The highest BCUT2D eigenvalue weighted by atomic mass is 16.5. The zero-order valence-corrected chi connectivity index (χ0v) is 13.1. The van der Waals surface area contributed by atoms with Gasteiger partial charge in [-0.3, -0.25) is 4.79 Å². The highest BCUT2D eigenvalue weighted by Gasteiger charge is 2.18. The van der Waals surface area contributed by atoms with Gasteiger partial charge in [0.25, 0.3) is 11.3 Å². The Kier molecular flexibility index (Phi) is 3.57. The van der Waals surface area contributed by atoms with Crippen molar-refractivity contribution >= 4 is 16.7 Å². The Bertz CT molecular complexity index is 908. The smallest absolute Gasteiger partial charge is 0.261 e. The third kappa shape index (κ3) is 2.41. The maximum atomic E-state index is 12.8. The molecule has 1 saturated carbocycles. The molecule has 0 saturated heterocycles. The summed E-state index contributed by atoms with van der Waals surface area (Å²) < 4.78 is 8.54. The molecule has 0 atom stereocenters. The number of rotatable bonds is 3. The summed E-state index contributed by atoms with van der Waals surface area (Å²) in [5.41, 5.74) is 0.745. The molecule has 0 unspecified atom stereocenters. The van der Waals surface area contributed by atoms with Gasteiger partial charge in [-0.05, 0) is 18.9 Å². The molecule has 0 aliphatic heterocycles. The molecule has 3 aromatic heterocycles. The lowest BCUT2D eigenvalue weighted by Gasteiger charge is -2.24. The predicted octanol–water partition coefficient (Wildman–Crippen LogP) is 2.09. The molecule has 0 amide bonds. The summed E-state index contributed by atoms with van der Waals surface area (Å²) in [6.45, 7) is 0.323. The highest BCUT2D eigenvalue weighted by Crippen LogP contribution is 2.27. The molecule has 7 nitrogen and oxygen atoms in total. The zero-order valence-electron chi connectivity index (χ0n) is 13.1. The van der Waals surface area contributed by atoms with Gasteiger partial charge in [-0.15, -0.1) is 5.10 Å². The second-order valence-corrected chi connectivity index (χ2v) is 6.05. The predicted molar refractivity (Wildman–Crippen MR) is 85.4 cm³/mol. The van der Waals surface area contributed by atoms with E-state index >= 15 is 0 Å². The van der Waals surface area contributed by atoms with E-state index in [0.29, 0.717) is 29.6 Å². The monoisotopic (exact) mass is 313 g/mol. The first kappa shape index (κ1) is 14.3. The number of aromatic nitrogens is 5. The molecule has 0 bridgehead atoms. The number of fused-ring (bicyclic) bond motifs is 3. The summed E-state index contributed by atoms with van der Waals surface area (Å²) in [5.74, 6) is 1.04. The summed E-state index contributed by atoms with van der Waals surface area (Å²) in [6, 6.07) is 2.24. The van der Waals surface area contributed by atoms with Crippen molar-refractivity contribution in [3.63, 3.8) is 0 Å². The van der Waals surface area contributed by atoms with Crippen molar-refractivity contribution in [2.75, 3.05) is 7.11 Å². The maximum Gasteiger partial charge on any atom is 0.261 e. The van der Waals surface area contributed by atoms with E-state index in [1.54, 1.807) is 17.8 Å². The Morgan fingerprint density at radius 2 is 2.13 bits per heavy atom. The fourth-order valence-corrected chi connectivity index (χ4v) is 3.41. The minimum Gasteiger partial charge on any atom is -0.377 e. The third-order valence-electron chi connectivity index (χ3n) is 4.55. The van der Waals surface area contributed by atoms with Gasteiger partial charge in [-0.1, -0.05) is 19.3 Å². The Balaban J connectivity index is 1.86. The molecular formula is C16H19N5O2. The minimum atomic E-state index is 0.00703. The SMILES string of the molecule is COCc1nc2ncc3c(=O)n(C4CCCCC4)ccc3n2n1. The number of pyridine rings is 1. The van der Waals surface area contributed by atoms with Gasteiger partial charge in [-0.2, -0.15) is 9.50 Å². The van der Waals surface area contributed by atoms with Crippen molar-refractivity contribution in [1.82, 2.24) is 24.1 Å². The summed E-state index contributed by atoms with van der Waals surface area (Å²) in [7, 11) is 1.60. The molecule has 120 valence electrons. The molecule has 0 aromatic carbocycles. The summed E-state index contributed by atoms with van der Waals surface area (Å²) in [5, 5.41) is 4.97. The van der Waals surface area contributed by atoms with Gasteiger partial charge in [0.15, 0.2) is 5.82 Å². The van der Waals surface area contributed by atoms with E-state index in [1.807, 2.05) is 16.8 Å². The van der Waals surface area contributed by atoms with E-state index in [2.05, 4.69) is 15.1 Å². The number of nitrogens with zero attached hydrogens (tertiary/aromatic N) is 5. The first-order valence-corrected chi connectivity index (χ1v) is 8.02. The Morgan fingerprint density at radius 1 is 1.30 bits per heavy atom. The van der Waals surface area contributed by atoms with Gasteiger partial charge in [0.2, 0.25) is 0 Å². The van der Waals surface area contributed by atoms with Crippen LogP contribution in [0.1, 0.15) is 44.0 Å². The molecule has 0 N–H and O–H groups in total. The van der Waals surface area contributed by atoms with Crippen LogP contribution in [0.4, 0.5) is 0 Å². The molecule has 3 aromatic rings. The van der Waals surface area contributed by atoms with Gasteiger partial charge in [-0.25, -0.2) is 4.98 Å². The minimum absolute atomic E-state index is 0.00703. The second kappa shape index (κ2) is 5.73. The molecule has 1 aliphatic rings. The van der Waals surface area contributed by atoms with Crippen LogP contribution < -0.4 is 5.56 Å². The van der Waals surface area contributed by atoms with E-state index in [1.165, 1.54) is 19.3 Å². The summed E-state index contributed by atoms with van der Waals surface area (Å²) >= 11 is 0. The fourth-order valence-electron chi connectivity index (χ4n) is 3.41. The van der Waals surface area contributed by atoms with Crippen LogP contribution in [0.3, 0.4) is 0 Å². The lowest BCUT2D eigenvalue weighted by atomic mass is 9.95. The summed E-state index contributed by atoms with van der Waals surface area (Å²) in [6.07, 6.45) is 9.29. The first-order chi connectivity index (χ1) is 11.3. The normalized spacial score (nSPS) is 16.4. The van der Waals surface area contributed by atoms with Gasteiger partial charge in [0, 0.05) is 25.5 Å². The van der Waals surface area contributed by atoms with Crippen molar-refractivity contribution in [3.05, 3.63) is 34.6 Å². The van der Waals surface area contributed by atoms with E-state index in [4.69, 9.17) is 4.74 Å². The number of hydrogen-bond acceptors (Lipinski definition) is 5. The quantitative estimate of drug-likeness (QED) is 0.740. The van der Waals surface area contributed by atoms with Gasteiger partial charge in [0.05, 0.1) is 10.9 Å². The molecular weight excluding hydrogens is 294 g/mol. The zero-order chi connectivity index (χ0) is 15.8. The van der Waals surface area contributed by atoms with Crippen molar-refractivity contribution in [2.45, 2.75) is 44.8 Å². The number of hydrogen-bond donors (Lipinski definition) is 0. The topological polar surface area (TPSA) is 74.3 Å². The third-order valence-corrected chi connectivity index (χ3v) is 4.55. The Hall–Kier alpha value is -2.28. The molecule has 0 spiro atoms. The van der Waals surface area contributed by atoms with Crippen LogP contribution in [-0.4, -0.2) is 31.3 Å². The molecule has 3 heterocycles. The van der Waals surface area contributed by atoms with E-state index in [0.717, 1.165) is 18.4 Å². The van der Waals surface area contributed by atoms with Crippen molar-refractivity contribution < 1.29 is 4.74 Å². The number of methoxy groups -OCH3 is 1. The molecule has 23 heavy (non-hydrogen) atoms. The van der Waals surface area contributed by atoms with Crippen molar-refractivity contribution in [2.24, 2.45) is 0 Å². The van der Waals surface area contributed by atoms with Crippen LogP contribution in [0.5, 0.6) is 0 Å². The Labute approximate surface area is 132 Å². The number of ether oxygens (including phenoxy) is 1. The van der Waals surface area contributed by atoms with Crippen LogP contribution in [0.15, 0.2) is 23.3 Å². The van der Waals surface area contributed by atoms with E-state index < -0.39 is 0 Å². The van der Waals surface area contributed by atoms with Crippen molar-refractivity contribution in [3.8, 4) is 0 Å². The molecule has 0 radical (unpaired) electrons. The first-order valence-electron chi connectivity index (χ1n) is 8.02. The molecule has 1 aliphatic carbocycles. The van der Waals surface area contributed by atoms with Gasteiger partial charge < -0.3 is 9.30 Å². The lowest BCUT2D eigenvalue weighted by Crippen LogP contribution is -2.26. The van der Waals surface area contributed by atoms with Crippen LogP contribution in [-0.2, 0) is 11.3 Å². The molecule has 7 heteroatoms. The molecule has 4 rings (SSSR count). The second-order valence-electron chi connectivity index (χ2n) is 6.05. The van der Waals surface area contributed by atoms with Crippen molar-refractivity contribution in [1.29, 1.82) is 0 Å². The van der Waals surface area contributed by atoms with Crippen LogP contribution >= 0.6 is 0 Å². The maximum absolute atomic E-state index is 12.8. The lowest BCUT2D eigenvalue weighted by molar-refractivity contribution is 0.178. The van der Waals surface area contributed by atoms with Crippen LogP contribution in [0.2, 0.25) is 0 Å². The summed E-state index contributed by atoms with van der Waals surface area (Å²) in [4.78, 5) is 21.4. The molecule has 1 fully saturated rings. The van der Waals surface area contributed by atoms with Gasteiger partial charge in [0.1, 0.15) is 6.61 Å². The Morgan fingerprint density at radius 3 is 2.91 bits per heavy atom. The average Bonchev–Trinajstić information content (AvgIpc) is 2.99. The van der Waals surface area contributed by atoms with E-state index in [-0.39, 0.29) is 5.56 Å². The standard InChI is InChI=1S/C16H19N5O2/c1-23-10-14-18-16-17-9-12-13(21(16)19-14)7-8-20(15(12)22)11-5-3-2-4-6-11/h7-9,11H,2-6,10H2,1H3. The van der Waals surface area contributed by atoms with Crippen LogP contribution in [0, 0.1) is 0 Å². The fraction of sp³-hybridized carbons (Fsp3) is 0.500.